The summed E-state index contributed by atoms with van der Waals surface area (Å²) in [6.45, 7) is 0.810. The van der Waals surface area contributed by atoms with Gasteiger partial charge < -0.3 is 10.6 Å². The second-order valence-electron chi connectivity index (χ2n) is 5.69. The average Bonchev–Trinajstić information content (AvgIpc) is 3.16. The molecule has 120 valence electrons. The molecule has 3 aromatic rings. The average molecular weight is 336 g/mol. The third-order valence-electron chi connectivity index (χ3n) is 4.18. The van der Waals surface area contributed by atoms with E-state index in [2.05, 4.69) is 26.3 Å². The zero-order valence-electron chi connectivity index (χ0n) is 12.9. The fourth-order valence-electron chi connectivity index (χ4n) is 2.97. The third kappa shape index (κ3) is 2.93. The van der Waals surface area contributed by atoms with Crippen LogP contribution < -0.4 is 10.6 Å². The molecule has 0 saturated carbocycles. The topological polar surface area (TPSA) is 66.9 Å². The molecule has 0 spiro atoms. The van der Waals surface area contributed by atoms with Crippen molar-refractivity contribution < 1.29 is 4.79 Å². The number of nitrogens with zero attached hydrogens (tertiary/aromatic N) is 2. The van der Waals surface area contributed by atoms with E-state index in [4.69, 9.17) is 0 Å². The summed E-state index contributed by atoms with van der Waals surface area (Å²) in [6.07, 6.45) is 0.955. The van der Waals surface area contributed by atoms with Crippen molar-refractivity contribution in [3.63, 3.8) is 0 Å². The molecule has 1 atom stereocenters. The highest BCUT2D eigenvalue weighted by atomic mass is 32.1. The standard InChI is InChI=1S/C18H16N4OS/c23-18(17-15-4-2-1-3-12(15)9-10-19-17)20-14-7-5-13(6-8-14)16-11-24-22-21-16/h1-8,11,17,19H,9-10H2,(H,20,23). The van der Waals surface area contributed by atoms with Gasteiger partial charge in [-0.25, -0.2) is 0 Å². The van der Waals surface area contributed by atoms with E-state index in [0.717, 1.165) is 35.5 Å². The number of carbonyl (C=O) groups is 1. The Morgan fingerprint density at radius 1 is 1.17 bits per heavy atom. The molecule has 0 fully saturated rings. The number of carbonyl (C=O) groups excluding carboxylic acids is 1. The SMILES string of the molecule is O=C(Nc1ccc(-c2csnn2)cc1)C1NCCc2ccccc21. The Labute approximate surface area is 143 Å². The zero-order chi connectivity index (χ0) is 16.4. The summed E-state index contributed by atoms with van der Waals surface area (Å²) in [5, 5.41) is 12.2. The molecule has 2 N–H and O–H groups in total. The molecule has 1 amide bonds. The lowest BCUT2D eigenvalue weighted by Crippen LogP contribution is -2.38. The monoisotopic (exact) mass is 336 g/mol. The van der Waals surface area contributed by atoms with Crippen molar-refractivity contribution in [1.82, 2.24) is 14.9 Å². The normalized spacial score (nSPS) is 16.4. The van der Waals surface area contributed by atoms with E-state index < -0.39 is 0 Å². The summed E-state index contributed by atoms with van der Waals surface area (Å²) in [5.74, 6) is -0.0368. The first kappa shape index (κ1) is 15.0. The molecule has 5 nitrogen and oxygen atoms in total. The molecule has 0 bridgehead atoms. The van der Waals surface area contributed by atoms with Crippen LogP contribution in [0.3, 0.4) is 0 Å². The third-order valence-corrected chi connectivity index (χ3v) is 4.68. The van der Waals surface area contributed by atoms with Crippen LogP contribution in [-0.4, -0.2) is 22.0 Å². The van der Waals surface area contributed by atoms with E-state index in [9.17, 15) is 4.79 Å². The lowest BCUT2D eigenvalue weighted by Gasteiger charge is -2.26. The van der Waals surface area contributed by atoms with E-state index in [0.29, 0.717) is 0 Å². The van der Waals surface area contributed by atoms with Crippen LogP contribution in [0, 0.1) is 0 Å². The molecule has 0 radical (unpaired) electrons. The van der Waals surface area contributed by atoms with Crippen molar-refractivity contribution in [3.8, 4) is 11.3 Å². The Morgan fingerprint density at radius 3 is 2.79 bits per heavy atom. The number of aromatic nitrogens is 2. The number of anilines is 1. The van der Waals surface area contributed by atoms with Gasteiger partial charge in [0.15, 0.2) is 0 Å². The summed E-state index contributed by atoms with van der Waals surface area (Å²) >= 11 is 1.32. The Balaban J connectivity index is 1.51. The van der Waals surface area contributed by atoms with Crippen LogP contribution in [0.15, 0.2) is 53.9 Å². The lowest BCUT2D eigenvalue weighted by atomic mass is 9.94. The van der Waals surface area contributed by atoms with Crippen molar-refractivity contribution >= 4 is 23.1 Å². The summed E-state index contributed by atoms with van der Waals surface area (Å²) < 4.78 is 3.87. The minimum atomic E-state index is -0.308. The maximum atomic E-state index is 12.6. The predicted molar refractivity (Wildman–Crippen MR) is 94.9 cm³/mol. The second-order valence-corrected chi connectivity index (χ2v) is 6.30. The highest BCUT2D eigenvalue weighted by Gasteiger charge is 2.25. The minimum absolute atomic E-state index is 0.0368. The predicted octanol–water partition coefficient (Wildman–Crippen LogP) is 3.03. The lowest BCUT2D eigenvalue weighted by molar-refractivity contribution is -0.118. The van der Waals surface area contributed by atoms with Crippen molar-refractivity contribution in [3.05, 3.63) is 65.0 Å². The molecule has 1 unspecified atom stereocenters. The van der Waals surface area contributed by atoms with Crippen molar-refractivity contribution in [2.45, 2.75) is 12.5 Å². The fraction of sp³-hybridized carbons (Fsp3) is 0.167. The van der Waals surface area contributed by atoms with E-state index >= 15 is 0 Å². The van der Waals surface area contributed by atoms with Gasteiger partial charge in [0.05, 0.1) is 0 Å². The van der Waals surface area contributed by atoms with Crippen LogP contribution in [0.2, 0.25) is 0 Å². The molecule has 0 aliphatic carbocycles. The van der Waals surface area contributed by atoms with Gasteiger partial charge in [-0.05, 0) is 41.2 Å². The number of amides is 1. The number of hydrogen-bond donors (Lipinski definition) is 2. The Hall–Kier alpha value is -2.57. The maximum absolute atomic E-state index is 12.6. The number of benzene rings is 2. The van der Waals surface area contributed by atoms with Crippen molar-refractivity contribution in [2.75, 3.05) is 11.9 Å². The summed E-state index contributed by atoms with van der Waals surface area (Å²) in [5.41, 5.74) is 4.91. The molecular formula is C18H16N4OS. The molecule has 1 aromatic heterocycles. The van der Waals surface area contributed by atoms with Crippen molar-refractivity contribution in [1.29, 1.82) is 0 Å². The second kappa shape index (κ2) is 6.51. The van der Waals surface area contributed by atoms with Crippen LogP contribution in [0.4, 0.5) is 5.69 Å². The first-order valence-corrected chi connectivity index (χ1v) is 8.64. The first-order chi connectivity index (χ1) is 11.8. The molecule has 2 aromatic carbocycles. The van der Waals surface area contributed by atoms with Crippen LogP contribution in [0.25, 0.3) is 11.3 Å². The van der Waals surface area contributed by atoms with Crippen LogP contribution >= 0.6 is 11.5 Å². The first-order valence-electron chi connectivity index (χ1n) is 7.81. The van der Waals surface area contributed by atoms with Gasteiger partial charge in [0.25, 0.3) is 0 Å². The van der Waals surface area contributed by atoms with E-state index in [1.54, 1.807) is 0 Å². The van der Waals surface area contributed by atoms with Crippen molar-refractivity contribution in [2.24, 2.45) is 0 Å². The number of rotatable bonds is 3. The van der Waals surface area contributed by atoms with Crippen LogP contribution in [0.5, 0.6) is 0 Å². The smallest absolute Gasteiger partial charge is 0.246 e. The summed E-state index contributed by atoms with van der Waals surface area (Å²) in [7, 11) is 0. The number of fused-ring (bicyclic) bond motifs is 1. The highest BCUT2D eigenvalue weighted by molar-refractivity contribution is 7.03. The van der Waals surface area contributed by atoms with Crippen LogP contribution in [0.1, 0.15) is 17.2 Å². The Bertz CT molecular complexity index is 846. The largest absolute Gasteiger partial charge is 0.324 e. The minimum Gasteiger partial charge on any atom is -0.324 e. The van der Waals surface area contributed by atoms with Crippen LogP contribution in [-0.2, 0) is 11.2 Å². The van der Waals surface area contributed by atoms with Gasteiger partial charge in [0.1, 0.15) is 11.7 Å². The maximum Gasteiger partial charge on any atom is 0.246 e. The molecule has 4 rings (SSSR count). The molecule has 1 aliphatic heterocycles. The molecule has 0 saturated heterocycles. The van der Waals surface area contributed by atoms with E-state index in [-0.39, 0.29) is 11.9 Å². The van der Waals surface area contributed by atoms with Gasteiger partial charge in [-0.1, -0.05) is 40.9 Å². The molecular weight excluding hydrogens is 320 g/mol. The quantitative estimate of drug-likeness (QED) is 0.771. The molecule has 6 heteroatoms. The van der Waals surface area contributed by atoms with Gasteiger partial charge in [-0.2, -0.15) is 0 Å². The molecule has 24 heavy (non-hydrogen) atoms. The van der Waals surface area contributed by atoms with E-state index in [1.165, 1.54) is 17.1 Å². The Morgan fingerprint density at radius 2 is 2.00 bits per heavy atom. The molecule has 1 aliphatic rings. The zero-order valence-corrected chi connectivity index (χ0v) is 13.7. The highest BCUT2D eigenvalue weighted by Crippen LogP contribution is 2.25. The van der Waals surface area contributed by atoms with Gasteiger partial charge >= 0.3 is 0 Å². The number of nitrogens with one attached hydrogen (secondary N) is 2. The summed E-state index contributed by atoms with van der Waals surface area (Å²) in [6, 6.07) is 15.5. The van der Waals surface area contributed by atoms with Gasteiger partial charge in [0.2, 0.25) is 5.91 Å². The van der Waals surface area contributed by atoms with E-state index in [1.807, 2.05) is 47.8 Å². The fourth-order valence-corrected chi connectivity index (χ4v) is 3.43. The van der Waals surface area contributed by atoms with Gasteiger partial charge in [-0.15, -0.1) is 5.10 Å². The van der Waals surface area contributed by atoms with Gasteiger partial charge in [-0.3, -0.25) is 4.79 Å². The summed E-state index contributed by atoms with van der Waals surface area (Å²) in [4.78, 5) is 12.6. The van der Waals surface area contributed by atoms with Gasteiger partial charge in [0, 0.05) is 23.2 Å². The molecule has 2 heterocycles. The number of hydrogen-bond acceptors (Lipinski definition) is 5. The Kier molecular flexibility index (Phi) is 4.06.